The number of benzene rings is 2. The zero-order valence-electron chi connectivity index (χ0n) is 21.4. The third-order valence-corrected chi connectivity index (χ3v) is 7.12. The number of pyridine rings is 1. The molecule has 5 rings (SSSR count). The van der Waals surface area contributed by atoms with E-state index in [9.17, 15) is 4.79 Å². The number of likely N-dealkylation sites (N-methyl/N-ethyl adjacent to an activating group) is 1. The SMILES string of the molecule is CCn1ccc(-c2cc([C@@H](C)NC(=O)c3cc(OC[C@@H]4CCN4C)ccc3C)c3ccccc3n2)n1. The molecule has 1 amide bonds. The first-order valence-electron chi connectivity index (χ1n) is 12.6. The van der Waals surface area contributed by atoms with Gasteiger partial charge in [-0.1, -0.05) is 24.3 Å². The molecule has 186 valence electrons. The average Bonchev–Trinajstić information content (AvgIpc) is 3.37. The van der Waals surface area contributed by atoms with Gasteiger partial charge in [0.2, 0.25) is 0 Å². The van der Waals surface area contributed by atoms with Crippen molar-refractivity contribution in [2.45, 2.75) is 45.8 Å². The van der Waals surface area contributed by atoms with Crippen LogP contribution in [0, 0.1) is 6.92 Å². The fourth-order valence-electron chi connectivity index (χ4n) is 4.63. The topological polar surface area (TPSA) is 72.3 Å². The molecule has 1 N–H and O–H groups in total. The summed E-state index contributed by atoms with van der Waals surface area (Å²) in [7, 11) is 2.11. The van der Waals surface area contributed by atoms with Crippen LogP contribution in [-0.4, -0.2) is 51.8 Å². The number of rotatable bonds is 8. The lowest BCUT2D eigenvalue weighted by Crippen LogP contribution is -2.48. The van der Waals surface area contributed by atoms with Crippen molar-refractivity contribution in [3.05, 3.63) is 77.5 Å². The van der Waals surface area contributed by atoms with Gasteiger partial charge in [-0.15, -0.1) is 0 Å². The zero-order chi connectivity index (χ0) is 25.2. The maximum atomic E-state index is 13.4. The Morgan fingerprint density at radius 3 is 2.72 bits per heavy atom. The molecule has 7 heteroatoms. The highest BCUT2D eigenvalue weighted by atomic mass is 16.5. The Bertz CT molecular complexity index is 1400. The Labute approximate surface area is 212 Å². The van der Waals surface area contributed by atoms with E-state index in [-0.39, 0.29) is 11.9 Å². The molecule has 2 atom stereocenters. The average molecular weight is 484 g/mol. The summed E-state index contributed by atoms with van der Waals surface area (Å²) < 4.78 is 7.90. The minimum Gasteiger partial charge on any atom is -0.492 e. The number of nitrogens with one attached hydrogen (secondary N) is 1. The van der Waals surface area contributed by atoms with Crippen LogP contribution in [-0.2, 0) is 6.54 Å². The van der Waals surface area contributed by atoms with E-state index in [4.69, 9.17) is 9.72 Å². The van der Waals surface area contributed by atoms with Crippen molar-refractivity contribution in [3.8, 4) is 17.1 Å². The number of hydrogen-bond donors (Lipinski definition) is 1. The number of amides is 1. The summed E-state index contributed by atoms with van der Waals surface area (Å²) >= 11 is 0. The molecule has 1 aliphatic rings. The van der Waals surface area contributed by atoms with Gasteiger partial charge < -0.3 is 10.1 Å². The molecule has 7 nitrogen and oxygen atoms in total. The maximum Gasteiger partial charge on any atom is 0.252 e. The molecule has 0 saturated carbocycles. The summed E-state index contributed by atoms with van der Waals surface area (Å²) in [6.45, 7) is 8.56. The van der Waals surface area contributed by atoms with Crippen LogP contribution in [0.1, 0.15) is 47.8 Å². The highest BCUT2D eigenvalue weighted by molar-refractivity contribution is 5.96. The van der Waals surface area contributed by atoms with Gasteiger partial charge in [0, 0.05) is 29.7 Å². The Balaban J connectivity index is 1.39. The van der Waals surface area contributed by atoms with E-state index in [2.05, 4.69) is 29.3 Å². The maximum absolute atomic E-state index is 13.4. The summed E-state index contributed by atoms with van der Waals surface area (Å²) in [5, 5.41) is 8.85. The van der Waals surface area contributed by atoms with Crippen LogP contribution in [0.4, 0.5) is 0 Å². The summed E-state index contributed by atoms with van der Waals surface area (Å²) in [6.07, 6.45) is 3.10. The first-order chi connectivity index (χ1) is 17.4. The Hall–Kier alpha value is -3.71. The normalized spacial score (nSPS) is 16.5. The molecule has 1 saturated heterocycles. The minimum atomic E-state index is -0.231. The van der Waals surface area contributed by atoms with Gasteiger partial charge in [0.1, 0.15) is 18.1 Å². The number of nitrogens with zero attached hydrogens (tertiary/aromatic N) is 4. The second-order valence-electron chi connectivity index (χ2n) is 9.58. The van der Waals surface area contributed by atoms with Gasteiger partial charge in [-0.05, 0) is 82.2 Å². The lowest BCUT2D eigenvalue weighted by atomic mass is 10.00. The van der Waals surface area contributed by atoms with Crippen LogP contribution in [0.5, 0.6) is 5.75 Å². The van der Waals surface area contributed by atoms with E-state index < -0.39 is 0 Å². The van der Waals surface area contributed by atoms with Crippen molar-refractivity contribution in [3.63, 3.8) is 0 Å². The van der Waals surface area contributed by atoms with Crippen LogP contribution < -0.4 is 10.1 Å². The number of fused-ring (bicyclic) bond motifs is 1. The van der Waals surface area contributed by atoms with Crippen molar-refractivity contribution in [2.75, 3.05) is 20.2 Å². The van der Waals surface area contributed by atoms with E-state index in [1.807, 2.05) is 79.3 Å². The molecule has 36 heavy (non-hydrogen) atoms. The molecule has 4 aromatic rings. The fraction of sp³-hybridized carbons (Fsp3) is 0.345. The molecule has 1 aliphatic heterocycles. The van der Waals surface area contributed by atoms with Gasteiger partial charge in [0.25, 0.3) is 5.91 Å². The first kappa shape index (κ1) is 24.0. The molecule has 0 spiro atoms. The molecular formula is C29H33N5O2. The molecule has 2 aromatic carbocycles. The minimum absolute atomic E-state index is 0.121. The van der Waals surface area contributed by atoms with E-state index in [1.54, 1.807) is 0 Å². The summed E-state index contributed by atoms with van der Waals surface area (Å²) in [6, 6.07) is 18.0. The van der Waals surface area contributed by atoms with Crippen LogP contribution in [0.3, 0.4) is 0 Å². The van der Waals surface area contributed by atoms with E-state index in [0.717, 1.165) is 58.7 Å². The summed E-state index contributed by atoms with van der Waals surface area (Å²) in [4.78, 5) is 20.5. The van der Waals surface area contributed by atoms with Gasteiger partial charge in [0.15, 0.2) is 0 Å². The number of carbonyl (C=O) groups excluding carboxylic acids is 1. The Morgan fingerprint density at radius 2 is 2.00 bits per heavy atom. The van der Waals surface area contributed by atoms with Crippen LogP contribution in [0.25, 0.3) is 22.3 Å². The summed E-state index contributed by atoms with van der Waals surface area (Å²) in [5.41, 5.74) is 5.04. The Morgan fingerprint density at radius 1 is 1.17 bits per heavy atom. The number of para-hydroxylation sites is 1. The van der Waals surface area contributed by atoms with Gasteiger partial charge >= 0.3 is 0 Å². The number of likely N-dealkylation sites (tertiary alicyclic amines) is 1. The second kappa shape index (κ2) is 10.1. The highest BCUT2D eigenvalue weighted by Gasteiger charge is 2.25. The lowest BCUT2D eigenvalue weighted by molar-refractivity contribution is 0.0767. The molecule has 1 fully saturated rings. The number of carbonyl (C=O) groups is 1. The summed E-state index contributed by atoms with van der Waals surface area (Å²) in [5.74, 6) is 0.603. The third kappa shape index (κ3) is 4.84. The number of aryl methyl sites for hydroxylation is 2. The molecule has 0 unspecified atom stereocenters. The van der Waals surface area contributed by atoms with E-state index in [0.29, 0.717) is 18.2 Å². The molecule has 3 heterocycles. The van der Waals surface area contributed by atoms with Crippen molar-refractivity contribution in [1.82, 2.24) is 25.0 Å². The van der Waals surface area contributed by atoms with Crippen LogP contribution in [0.15, 0.2) is 60.8 Å². The van der Waals surface area contributed by atoms with E-state index >= 15 is 0 Å². The van der Waals surface area contributed by atoms with E-state index in [1.165, 1.54) is 0 Å². The fourth-order valence-corrected chi connectivity index (χ4v) is 4.63. The highest BCUT2D eigenvalue weighted by Crippen LogP contribution is 2.29. The van der Waals surface area contributed by atoms with Crippen LogP contribution in [0.2, 0.25) is 0 Å². The molecular weight excluding hydrogens is 450 g/mol. The zero-order valence-corrected chi connectivity index (χ0v) is 21.4. The van der Waals surface area contributed by atoms with Gasteiger partial charge in [-0.2, -0.15) is 5.10 Å². The largest absolute Gasteiger partial charge is 0.492 e. The molecule has 0 radical (unpaired) electrons. The first-order valence-corrected chi connectivity index (χ1v) is 12.6. The standard InChI is InChI=1S/C29H33N5O2/c1-5-34-15-13-27(32-34)28-17-25(23-8-6-7-9-26(23)31-28)20(3)30-29(35)24-16-22(11-10-19(24)2)36-18-21-12-14-33(21)4/h6-11,13,15-17,20-21H,5,12,14,18H2,1-4H3,(H,30,35)/t20-,21+/m1/s1. The number of ether oxygens (including phenoxy) is 1. The van der Waals surface area contributed by atoms with Gasteiger partial charge in [-0.3, -0.25) is 14.4 Å². The van der Waals surface area contributed by atoms with Crippen molar-refractivity contribution < 1.29 is 9.53 Å². The van der Waals surface area contributed by atoms with Crippen LogP contribution >= 0.6 is 0 Å². The second-order valence-corrected chi connectivity index (χ2v) is 9.58. The monoisotopic (exact) mass is 483 g/mol. The quantitative estimate of drug-likeness (QED) is 0.382. The van der Waals surface area contributed by atoms with Gasteiger partial charge in [-0.25, -0.2) is 4.98 Å². The smallest absolute Gasteiger partial charge is 0.252 e. The van der Waals surface area contributed by atoms with Crippen molar-refractivity contribution in [1.29, 1.82) is 0 Å². The van der Waals surface area contributed by atoms with Gasteiger partial charge in [0.05, 0.1) is 17.3 Å². The van der Waals surface area contributed by atoms with Crippen molar-refractivity contribution >= 4 is 16.8 Å². The number of hydrogen-bond acceptors (Lipinski definition) is 5. The molecule has 2 aromatic heterocycles. The Kier molecular flexibility index (Phi) is 6.74. The van der Waals surface area contributed by atoms with Crippen molar-refractivity contribution in [2.24, 2.45) is 0 Å². The number of aromatic nitrogens is 3. The third-order valence-electron chi connectivity index (χ3n) is 7.12. The predicted octanol–water partition coefficient (Wildman–Crippen LogP) is 5.00. The predicted molar refractivity (Wildman–Crippen MR) is 142 cm³/mol. The molecule has 0 aliphatic carbocycles. The molecule has 0 bridgehead atoms. The lowest BCUT2D eigenvalue weighted by Gasteiger charge is -2.37.